The van der Waals surface area contributed by atoms with Crippen LogP contribution in [0.4, 0.5) is 0 Å². The van der Waals surface area contributed by atoms with Gasteiger partial charge in [0.15, 0.2) is 0 Å². The molecular weight excluding hydrogens is 274 g/mol. The third-order valence-electron chi connectivity index (χ3n) is 1.78. The predicted molar refractivity (Wildman–Crippen MR) is 65.5 cm³/mol. The Morgan fingerprint density at radius 1 is 1.06 bits per heavy atom. The van der Waals surface area contributed by atoms with Crippen molar-refractivity contribution in [3.63, 3.8) is 0 Å². The molecular formula is C8H18Cl2N2O3P+. The van der Waals surface area contributed by atoms with Gasteiger partial charge in [-0.05, 0) is 35.4 Å². The molecule has 0 spiro atoms. The number of nitrogens with one attached hydrogen (secondary N) is 2. The van der Waals surface area contributed by atoms with Crippen LogP contribution in [0.5, 0.6) is 0 Å². The van der Waals surface area contributed by atoms with Crippen LogP contribution >= 0.6 is 31.8 Å². The maximum atomic E-state index is 11.3. The molecule has 0 fully saturated rings. The molecule has 0 radical (unpaired) electrons. The Morgan fingerprint density at radius 3 is 1.75 bits per heavy atom. The van der Waals surface area contributed by atoms with Gasteiger partial charge in [-0.25, -0.2) is 9.67 Å². The maximum absolute atomic E-state index is 11.3. The summed E-state index contributed by atoms with van der Waals surface area (Å²) in [6.07, 6.45) is 0. The smallest absolute Gasteiger partial charge is 0.233 e. The minimum atomic E-state index is -2.06. The monoisotopic (exact) mass is 291 g/mol. The average molecular weight is 292 g/mol. The Balaban J connectivity index is 3.51. The molecule has 0 aliphatic carbocycles. The highest BCUT2D eigenvalue weighted by Crippen LogP contribution is 2.25. The van der Waals surface area contributed by atoms with Crippen LogP contribution in [0, 0.1) is 11.8 Å². The van der Waals surface area contributed by atoms with Gasteiger partial charge in [-0.2, -0.15) is 0 Å². The van der Waals surface area contributed by atoms with Gasteiger partial charge in [-0.1, -0.05) is 13.8 Å². The maximum Gasteiger partial charge on any atom is 0.697 e. The van der Waals surface area contributed by atoms with Gasteiger partial charge in [0.25, 0.3) is 0 Å². The normalized spacial score (nSPS) is 15.9. The lowest BCUT2D eigenvalue weighted by Gasteiger charge is -2.05. The Hall–Kier alpha value is 0.520. The van der Waals surface area contributed by atoms with Crippen LogP contribution in [0.2, 0.25) is 0 Å². The van der Waals surface area contributed by atoms with Gasteiger partial charge in [0.1, 0.15) is 13.2 Å². The fourth-order valence-corrected chi connectivity index (χ4v) is 2.15. The molecule has 0 aliphatic heterocycles. The van der Waals surface area contributed by atoms with Crippen molar-refractivity contribution in [3.8, 4) is 0 Å². The van der Waals surface area contributed by atoms with Gasteiger partial charge < -0.3 is 0 Å². The highest BCUT2D eigenvalue weighted by Gasteiger charge is 2.22. The van der Waals surface area contributed by atoms with Gasteiger partial charge in [0.05, 0.1) is 0 Å². The zero-order valence-corrected chi connectivity index (χ0v) is 11.8. The first kappa shape index (κ1) is 16.5. The van der Waals surface area contributed by atoms with E-state index in [1.807, 2.05) is 13.8 Å². The summed E-state index contributed by atoms with van der Waals surface area (Å²) in [5, 5.41) is 0. The molecule has 0 heterocycles. The lowest BCUT2D eigenvalue weighted by molar-refractivity contribution is 0.186. The summed E-state index contributed by atoms with van der Waals surface area (Å²) in [6.45, 7) is 5.74. The molecule has 0 aromatic heterocycles. The van der Waals surface area contributed by atoms with Gasteiger partial charge >= 0.3 is 8.25 Å². The SMILES string of the molecule is CC(CNCl)CO[P+](=O)OCC(C)CNCl. The number of hydrogen-bond donors (Lipinski definition) is 2. The van der Waals surface area contributed by atoms with Crippen molar-refractivity contribution < 1.29 is 13.6 Å². The van der Waals surface area contributed by atoms with E-state index in [9.17, 15) is 4.57 Å². The fourth-order valence-electron chi connectivity index (χ4n) is 0.795. The highest BCUT2D eigenvalue weighted by molar-refractivity contribution is 7.33. The van der Waals surface area contributed by atoms with Crippen molar-refractivity contribution in [3.05, 3.63) is 0 Å². The molecule has 0 aromatic carbocycles. The molecule has 8 heteroatoms. The van der Waals surface area contributed by atoms with E-state index in [-0.39, 0.29) is 11.8 Å². The topological polar surface area (TPSA) is 59.6 Å². The van der Waals surface area contributed by atoms with Crippen LogP contribution in [-0.2, 0) is 13.6 Å². The first-order valence-electron chi connectivity index (χ1n) is 5.00. The predicted octanol–water partition coefficient (Wildman–Crippen LogP) is 2.44. The lowest BCUT2D eigenvalue weighted by atomic mass is 10.2. The lowest BCUT2D eigenvalue weighted by Crippen LogP contribution is -2.17. The van der Waals surface area contributed by atoms with E-state index in [1.165, 1.54) is 0 Å². The van der Waals surface area contributed by atoms with Crippen LogP contribution < -0.4 is 9.67 Å². The molecule has 2 atom stereocenters. The largest absolute Gasteiger partial charge is 0.697 e. The van der Waals surface area contributed by atoms with Crippen LogP contribution in [0.15, 0.2) is 0 Å². The summed E-state index contributed by atoms with van der Waals surface area (Å²) in [5.74, 6) is 0.365. The van der Waals surface area contributed by atoms with Crippen molar-refractivity contribution in [2.24, 2.45) is 11.8 Å². The number of rotatable bonds is 10. The van der Waals surface area contributed by atoms with Gasteiger partial charge in [0, 0.05) is 17.7 Å². The van der Waals surface area contributed by atoms with E-state index in [1.54, 1.807) is 0 Å². The van der Waals surface area contributed by atoms with Crippen molar-refractivity contribution in [2.75, 3.05) is 26.3 Å². The molecule has 2 unspecified atom stereocenters. The molecule has 0 amide bonds. The standard InChI is InChI=1S/C8H18Cl2N2O3P/c1-7(3-11-9)5-14-16(13)15-6-8(2)4-12-10/h7-8,11-12H,3-6H2,1-2H3/q+1. The quantitative estimate of drug-likeness (QED) is 0.478. The first-order valence-corrected chi connectivity index (χ1v) is 6.85. The van der Waals surface area contributed by atoms with E-state index in [0.29, 0.717) is 26.3 Å². The van der Waals surface area contributed by atoms with E-state index >= 15 is 0 Å². The van der Waals surface area contributed by atoms with Crippen molar-refractivity contribution in [1.29, 1.82) is 0 Å². The second-order valence-electron chi connectivity index (χ2n) is 3.70. The van der Waals surface area contributed by atoms with Crippen molar-refractivity contribution >= 4 is 31.8 Å². The summed E-state index contributed by atoms with van der Waals surface area (Å²) in [7, 11) is -2.06. The van der Waals surface area contributed by atoms with Crippen LogP contribution in [0.3, 0.4) is 0 Å². The summed E-state index contributed by atoms with van der Waals surface area (Å²) in [4.78, 5) is 4.98. The Bertz CT molecular complexity index is 182. The molecule has 0 aromatic rings. The Kier molecular flexibility index (Phi) is 11.0. The van der Waals surface area contributed by atoms with Gasteiger partial charge in [-0.15, -0.1) is 9.05 Å². The van der Waals surface area contributed by atoms with Gasteiger partial charge in [0.2, 0.25) is 0 Å². The summed E-state index contributed by atoms with van der Waals surface area (Å²) in [5.41, 5.74) is 0. The van der Waals surface area contributed by atoms with Crippen LogP contribution in [0.25, 0.3) is 0 Å². The van der Waals surface area contributed by atoms with E-state index in [0.717, 1.165) is 0 Å². The second kappa shape index (κ2) is 10.7. The number of halogens is 2. The fraction of sp³-hybridized carbons (Fsp3) is 1.00. The highest BCUT2D eigenvalue weighted by atomic mass is 35.5. The molecule has 0 rings (SSSR count). The Labute approximate surface area is 107 Å². The minimum Gasteiger partial charge on any atom is -0.233 e. The zero-order valence-electron chi connectivity index (χ0n) is 9.41. The second-order valence-corrected chi connectivity index (χ2v) is 5.20. The van der Waals surface area contributed by atoms with Crippen LogP contribution in [-0.4, -0.2) is 26.3 Å². The van der Waals surface area contributed by atoms with Crippen molar-refractivity contribution in [2.45, 2.75) is 13.8 Å². The molecule has 5 nitrogen and oxygen atoms in total. The molecule has 0 saturated carbocycles. The van der Waals surface area contributed by atoms with Crippen molar-refractivity contribution in [1.82, 2.24) is 9.67 Å². The molecule has 0 aliphatic rings. The Morgan fingerprint density at radius 2 is 1.44 bits per heavy atom. The van der Waals surface area contributed by atoms with Crippen LogP contribution in [0.1, 0.15) is 13.8 Å². The molecule has 0 saturated heterocycles. The molecule has 2 N–H and O–H groups in total. The molecule has 0 bridgehead atoms. The van der Waals surface area contributed by atoms with E-state index in [2.05, 4.69) is 9.67 Å². The molecule has 16 heavy (non-hydrogen) atoms. The molecule has 96 valence electrons. The third-order valence-corrected chi connectivity index (χ3v) is 2.81. The minimum absolute atomic E-state index is 0.182. The van der Waals surface area contributed by atoms with E-state index in [4.69, 9.17) is 32.6 Å². The number of hydrogen-bond acceptors (Lipinski definition) is 5. The first-order chi connectivity index (χ1) is 7.60. The average Bonchev–Trinajstić information content (AvgIpc) is 2.24. The summed E-state index contributed by atoms with van der Waals surface area (Å²) in [6, 6.07) is 0. The zero-order chi connectivity index (χ0) is 12.4. The summed E-state index contributed by atoms with van der Waals surface area (Å²) >= 11 is 10.6. The van der Waals surface area contributed by atoms with E-state index < -0.39 is 8.25 Å². The van der Waals surface area contributed by atoms with Gasteiger partial charge in [-0.3, -0.25) is 0 Å². The third kappa shape index (κ3) is 9.73. The summed E-state index contributed by atoms with van der Waals surface area (Å²) < 4.78 is 21.3.